The molecule has 1 aliphatic heterocycles. The Balaban J connectivity index is 2.26. The van der Waals surface area contributed by atoms with E-state index in [4.69, 9.17) is 5.73 Å². The molecule has 0 aromatic heterocycles. The molecule has 1 saturated heterocycles. The highest BCUT2D eigenvalue weighted by Crippen LogP contribution is 2.19. The first-order valence-electron chi connectivity index (χ1n) is 4.76. The van der Waals surface area contributed by atoms with Crippen molar-refractivity contribution >= 4 is 5.91 Å². The van der Waals surface area contributed by atoms with Gasteiger partial charge in [0.05, 0.1) is 0 Å². The van der Waals surface area contributed by atoms with Crippen molar-refractivity contribution in [2.24, 2.45) is 5.73 Å². The summed E-state index contributed by atoms with van der Waals surface area (Å²) in [6, 6.07) is 0.698. The smallest absolute Gasteiger partial charge is 0.218 e. The molecule has 1 unspecified atom stereocenters. The van der Waals surface area contributed by atoms with Crippen molar-refractivity contribution in [3.05, 3.63) is 0 Å². The van der Waals surface area contributed by atoms with Crippen molar-refractivity contribution in [3.8, 4) is 0 Å². The number of carbonyl (C=O) groups is 1. The van der Waals surface area contributed by atoms with Gasteiger partial charge in [-0.3, -0.25) is 9.69 Å². The molecule has 12 heavy (non-hydrogen) atoms. The maximum absolute atomic E-state index is 10.5. The van der Waals surface area contributed by atoms with E-state index in [0.29, 0.717) is 12.5 Å². The summed E-state index contributed by atoms with van der Waals surface area (Å²) in [5, 5.41) is 0. The third-order valence-corrected chi connectivity index (χ3v) is 2.62. The molecule has 70 valence electrons. The van der Waals surface area contributed by atoms with Gasteiger partial charge in [-0.1, -0.05) is 6.92 Å². The maximum Gasteiger partial charge on any atom is 0.218 e. The Bertz CT molecular complexity index is 159. The van der Waals surface area contributed by atoms with Crippen LogP contribution in [0.15, 0.2) is 0 Å². The quantitative estimate of drug-likeness (QED) is 0.676. The first-order valence-corrected chi connectivity index (χ1v) is 4.76. The summed E-state index contributed by atoms with van der Waals surface area (Å²) in [6.07, 6.45) is 4.27. The second kappa shape index (κ2) is 4.45. The van der Waals surface area contributed by atoms with Gasteiger partial charge in [0.15, 0.2) is 0 Å². The van der Waals surface area contributed by atoms with E-state index in [9.17, 15) is 4.79 Å². The van der Waals surface area contributed by atoms with Gasteiger partial charge in [-0.05, 0) is 25.8 Å². The predicted octanol–water partition coefficient (Wildman–Crippen LogP) is 0.736. The fraction of sp³-hybridized carbons (Fsp3) is 0.889. The number of amides is 1. The second-order valence-corrected chi connectivity index (χ2v) is 3.46. The van der Waals surface area contributed by atoms with Crippen molar-refractivity contribution < 1.29 is 4.79 Å². The molecule has 0 saturated carbocycles. The molecule has 0 aromatic rings. The highest BCUT2D eigenvalue weighted by molar-refractivity contribution is 5.73. The number of hydrogen-bond acceptors (Lipinski definition) is 2. The Labute approximate surface area is 73.9 Å². The third-order valence-electron chi connectivity index (χ3n) is 2.62. The molecule has 1 amide bonds. The molecule has 1 atom stereocenters. The summed E-state index contributed by atoms with van der Waals surface area (Å²) in [4.78, 5) is 12.9. The molecule has 0 aromatic carbocycles. The summed E-state index contributed by atoms with van der Waals surface area (Å²) in [5.74, 6) is -0.184. The van der Waals surface area contributed by atoms with Crippen LogP contribution in [0.2, 0.25) is 0 Å². The van der Waals surface area contributed by atoms with Crippen LogP contribution in [0.25, 0.3) is 0 Å². The highest BCUT2D eigenvalue weighted by Gasteiger charge is 2.22. The van der Waals surface area contributed by atoms with Crippen LogP contribution in [0.4, 0.5) is 0 Å². The molecule has 0 radical (unpaired) electrons. The number of nitrogens with two attached hydrogens (primary N) is 1. The summed E-state index contributed by atoms with van der Waals surface area (Å²) in [7, 11) is 0. The first-order chi connectivity index (χ1) is 5.74. The number of rotatable bonds is 4. The van der Waals surface area contributed by atoms with Crippen LogP contribution in [0.3, 0.4) is 0 Å². The van der Waals surface area contributed by atoms with Crippen LogP contribution in [0.5, 0.6) is 0 Å². The van der Waals surface area contributed by atoms with Gasteiger partial charge in [-0.25, -0.2) is 0 Å². The molecular weight excluding hydrogens is 152 g/mol. The van der Waals surface area contributed by atoms with Crippen molar-refractivity contribution in [1.29, 1.82) is 0 Å². The first kappa shape index (κ1) is 9.52. The van der Waals surface area contributed by atoms with Gasteiger partial charge in [-0.2, -0.15) is 0 Å². The zero-order chi connectivity index (χ0) is 8.97. The van der Waals surface area contributed by atoms with E-state index in [1.54, 1.807) is 0 Å². The number of primary amides is 1. The molecule has 1 aliphatic rings. The van der Waals surface area contributed by atoms with E-state index in [-0.39, 0.29) is 5.91 Å². The lowest BCUT2D eigenvalue weighted by molar-refractivity contribution is -0.118. The Kier molecular flexibility index (Phi) is 3.53. The zero-order valence-corrected chi connectivity index (χ0v) is 7.75. The topological polar surface area (TPSA) is 46.3 Å². The van der Waals surface area contributed by atoms with Crippen LogP contribution in [-0.2, 0) is 4.79 Å². The molecular formula is C9H18N2O. The van der Waals surface area contributed by atoms with Crippen molar-refractivity contribution in [2.45, 2.75) is 38.6 Å². The van der Waals surface area contributed by atoms with Gasteiger partial charge in [0.1, 0.15) is 0 Å². The molecule has 0 aliphatic carbocycles. The SMILES string of the molecule is CCC1CCCN1CCC(N)=O. The molecule has 3 nitrogen and oxygen atoms in total. The lowest BCUT2D eigenvalue weighted by Crippen LogP contribution is -2.32. The average molecular weight is 170 g/mol. The van der Waals surface area contributed by atoms with E-state index in [2.05, 4.69) is 11.8 Å². The van der Waals surface area contributed by atoms with Gasteiger partial charge in [0.2, 0.25) is 5.91 Å². The second-order valence-electron chi connectivity index (χ2n) is 3.46. The minimum atomic E-state index is -0.184. The number of carbonyl (C=O) groups excluding carboxylic acids is 1. The lowest BCUT2D eigenvalue weighted by atomic mass is 10.2. The highest BCUT2D eigenvalue weighted by atomic mass is 16.1. The van der Waals surface area contributed by atoms with E-state index in [1.165, 1.54) is 19.3 Å². The maximum atomic E-state index is 10.5. The Morgan fingerprint density at radius 3 is 3.00 bits per heavy atom. The largest absolute Gasteiger partial charge is 0.370 e. The molecule has 1 rings (SSSR count). The van der Waals surface area contributed by atoms with Gasteiger partial charge in [-0.15, -0.1) is 0 Å². The van der Waals surface area contributed by atoms with Gasteiger partial charge in [0.25, 0.3) is 0 Å². The van der Waals surface area contributed by atoms with E-state index in [1.807, 2.05) is 0 Å². The number of nitrogens with zero attached hydrogens (tertiary/aromatic N) is 1. The Morgan fingerprint density at radius 2 is 2.42 bits per heavy atom. The van der Waals surface area contributed by atoms with Crippen LogP contribution < -0.4 is 5.73 Å². The number of likely N-dealkylation sites (tertiary alicyclic amines) is 1. The summed E-state index contributed by atoms with van der Waals surface area (Å²) in [6.45, 7) is 4.20. The summed E-state index contributed by atoms with van der Waals surface area (Å²) >= 11 is 0. The van der Waals surface area contributed by atoms with Crippen LogP contribution in [0, 0.1) is 0 Å². The fourth-order valence-electron chi connectivity index (χ4n) is 1.91. The Hall–Kier alpha value is -0.570. The average Bonchev–Trinajstić information content (AvgIpc) is 2.47. The van der Waals surface area contributed by atoms with Crippen molar-refractivity contribution in [2.75, 3.05) is 13.1 Å². The fourth-order valence-corrected chi connectivity index (χ4v) is 1.91. The Morgan fingerprint density at radius 1 is 1.67 bits per heavy atom. The van der Waals surface area contributed by atoms with Crippen LogP contribution in [-0.4, -0.2) is 29.9 Å². The summed E-state index contributed by atoms with van der Waals surface area (Å²) < 4.78 is 0. The minimum absolute atomic E-state index is 0.184. The van der Waals surface area contributed by atoms with Crippen LogP contribution >= 0.6 is 0 Å². The predicted molar refractivity (Wildman–Crippen MR) is 48.7 cm³/mol. The minimum Gasteiger partial charge on any atom is -0.370 e. The zero-order valence-electron chi connectivity index (χ0n) is 7.75. The van der Waals surface area contributed by atoms with Gasteiger partial charge >= 0.3 is 0 Å². The molecule has 1 heterocycles. The molecule has 0 bridgehead atoms. The number of hydrogen-bond donors (Lipinski definition) is 1. The standard InChI is InChI=1S/C9H18N2O/c1-2-8-4-3-6-11(8)7-5-9(10)12/h8H,2-7H2,1H3,(H2,10,12). The molecule has 3 heteroatoms. The molecule has 0 spiro atoms. The van der Waals surface area contributed by atoms with Gasteiger partial charge in [0, 0.05) is 19.0 Å². The van der Waals surface area contributed by atoms with Gasteiger partial charge < -0.3 is 5.73 Å². The van der Waals surface area contributed by atoms with E-state index in [0.717, 1.165) is 13.1 Å². The van der Waals surface area contributed by atoms with Crippen molar-refractivity contribution in [3.63, 3.8) is 0 Å². The van der Waals surface area contributed by atoms with Crippen molar-refractivity contribution in [1.82, 2.24) is 4.90 Å². The monoisotopic (exact) mass is 170 g/mol. The molecule has 2 N–H and O–H groups in total. The normalized spacial score (nSPS) is 24.6. The van der Waals surface area contributed by atoms with E-state index < -0.39 is 0 Å². The molecule has 1 fully saturated rings. The third kappa shape index (κ3) is 2.48. The lowest BCUT2D eigenvalue weighted by Gasteiger charge is -2.22. The summed E-state index contributed by atoms with van der Waals surface area (Å²) in [5.41, 5.74) is 5.09. The van der Waals surface area contributed by atoms with Crippen LogP contribution in [0.1, 0.15) is 32.6 Å². The van der Waals surface area contributed by atoms with E-state index >= 15 is 0 Å².